The van der Waals surface area contributed by atoms with E-state index in [1.54, 1.807) is 35.2 Å². The van der Waals surface area contributed by atoms with Gasteiger partial charge in [-0.25, -0.2) is 4.39 Å². The summed E-state index contributed by atoms with van der Waals surface area (Å²) in [6.45, 7) is 2.76. The normalized spacial score (nSPS) is 15.9. The monoisotopic (exact) mass is 457 g/mol. The number of carbonyl (C=O) groups excluding carboxylic acids is 3. The van der Waals surface area contributed by atoms with Crippen molar-refractivity contribution in [3.63, 3.8) is 0 Å². The van der Waals surface area contributed by atoms with E-state index in [9.17, 15) is 18.8 Å². The molecule has 3 aromatic rings. The maximum Gasteiger partial charge on any atom is 0.287 e. The van der Waals surface area contributed by atoms with Crippen molar-refractivity contribution >= 4 is 46.0 Å². The van der Waals surface area contributed by atoms with E-state index in [1.165, 1.54) is 12.1 Å². The standard InChI is InChI=1S/C23H21ClFN3O4/c1-2-26-22(30)20-10-14-9-17(3-4-19(14)32-20)28-6-5-18(23(28)31)21(29)27-12-13-7-15(24)11-16(25)8-13/h3-4,7-11,18H,2,5-6,12H2,1H3,(H,26,30)(H,27,29). The molecule has 1 aliphatic rings. The Morgan fingerprint density at radius 1 is 1.19 bits per heavy atom. The Morgan fingerprint density at radius 3 is 2.75 bits per heavy atom. The summed E-state index contributed by atoms with van der Waals surface area (Å²) in [6, 6.07) is 10.8. The van der Waals surface area contributed by atoms with Crippen LogP contribution in [0.15, 0.2) is 46.9 Å². The van der Waals surface area contributed by atoms with Gasteiger partial charge < -0.3 is 20.0 Å². The summed E-state index contributed by atoms with van der Waals surface area (Å²) < 4.78 is 19.0. The zero-order chi connectivity index (χ0) is 22.8. The van der Waals surface area contributed by atoms with Gasteiger partial charge in [0.25, 0.3) is 5.91 Å². The summed E-state index contributed by atoms with van der Waals surface area (Å²) in [4.78, 5) is 39.0. The van der Waals surface area contributed by atoms with E-state index in [2.05, 4.69) is 10.6 Å². The lowest BCUT2D eigenvalue weighted by molar-refractivity contribution is -0.132. The highest BCUT2D eigenvalue weighted by Gasteiger charge is 2.37. The van der Waals surface area contributed by atoms with Gasteiger partial charge in [-0.1, -0.05) is 11.6 Å². The van der Waals surface area contributed by atoms with Gasteiger partial charge >= 0.3 is 0 Å². The maximum absolute atomic E-state index is 13.5. The number of nitrogens with one attached hydrogen (secondary N) is 2. The molecule has 0 bridgehead atoms. The van der Waals surface area contributed by atoms with Crippen LogP contribution in [0.25, 0.3) is 11.0 Å². The van der Waals surface area contributed by atoms with Crippen LogP contribution in [0.3, 0.4) is 0 Å². The molecule has 7 nitrogen and oxygen atoms in total. The molecule has 1 aromatic heterocycles. The fraction of sp³-hybridized carbons (Fsp3) is 0.261. The van der Waals surface area contributed by atoms with Crippen molar-refractivity contribution in [2.75, 3.05) is 18.0 Å². The van der Waals surface area contributed by atoms with Crippen LogP contribution in [0.2, 0.25) is 5.02 Å². The minimum atomic E-state index is -0.829. The molecule has 1 saturated heterocycles. The number of fused-ring (bicyclic) bond motifs is 1. The van der Waals surface area contributed by atoms with Gasteiger partial charge in [0.05, 0.1) is 0 Å². The van der Waals surface area contributed by atoms with Crippen LogP contribution in [-0.4, -0.2) is 30.8 Å². The molecule has 2 heterocycles. The smallest absolute Gasteiger partial charge is 0.287 e. The lowest BCUT2D eigenvalue weighted by Gasteiger charge is -2.17. The molecule has 1 fully saturated rings. The molecule has 3 amide bonds. The number of benzene rings is 2. The van der Waals surface area contributed by atoms with Crippen LogP contribution >= 0.6 is 11.6 Å². The van der Waals surface area contributed by atoms with Gasteiger partial charge in [0.15, 0.2) is 5.76 Å². The molecule has 4 rings (SSSR count). The third-order valence-corrected chi connectivity index (χ3v) is 5.50. The molecule has 0 radical (unpaired) electrons. The van der Waals surface area contributed by atoms with E-state index in [0.717, 1.165) is 0 Å². The minimum absolute atomic E-state index is 0.0731. The van der Waals surface area contributed by atoms with Crippen molar-refractivity contribution in [2.24, 2.45) is 5.92 Å². The first kappa shape index (κ1) is 21.8. The molecule has 0 spiro atoms. The molecule has 1 unspecified atom stereocenters. The van der Waals surface area contributed by atoms with Crippen molar-refractivity contribution in [3.8, 4) is 0 Å². The summed E-state index contributed by atoms with van der Waals surface area (Å²) in [5, 5.41) is 6.29. The number of carbonyl (C=O) groups is 3. The van der Waals surface area contributed by atoms with Crippen molar-refractivity contribution in [2.45, 2.75) is 19.9 Å². The van der Waals surface area contributed by atoms with E-state index >= 15 is 0 Å². The van der Waals surface area contributed by atoms with Gasteiger partial charge in [-0.2, -0.15) is 0 Å². The first-order chi connectivity index (χ1) is 15.4. The van der Waals surface area contributed by atoms with Crippen LogP contribution < -0.4 is 15.5 Å². The van der Waals surface area contributed by atoms with E-state index in [-0.39, 0.29) is 29.1 Å². The van der Waals surface area contributed by atoms with Crippen molar-refractivity contribution in [3.05, 3.63) is 64.6 Å². The zero-order valence-electron chi connectivity index (χ0n) is 17.3. The predicted molar refractivity (Wildman–Crippen MR) is 118 cm³/mol. The van der Waals surface area contributed by atoms with E-state index in [4.69, 9.17) is 16.0 Å². The van der Waals surface area contributed by atoms with Gasteiger partial charge in [0.2, 0.25) is 11.8 Å². The van der Waals surface area contributed by atoms with Crippen molar-refractivity contribution in [1.82, 2.24) is 10.6 Å². The molecule has 2 N–H and O–H groups in total. The molecule has 2 aromatic carbocycles. The number of anilines is 1. The highest BCUT2D eigenvalue weighted by molar-refractivity contribution is 6.30. The highest BCUT2D eigenvalue weighted by Crippen LogP contribution is 2.30. The molecule has 0 aliphatic carbocycles. The maximum atomic E-state index is 13.5. The van der Waals surface area contributed by atoms with Crippen LogP contribution in [-0.2, 0) is 16.1 Å². The Bertz CT molecular complexity index is 1190. The fourth-order valence-electron chi connectivity index (χ4n) is 3.76. The number of nitrogens with zero attached hydrogens (tertiary/aromatic N) is 1. The Labute approximate surface area is 188 Å². The second kappa shape index (κ2) is 9.00. The first-order valence-electron chi connectivity index (χ1n) is 10.2. The fourth-order valence-corrected chi connectivity index (χ4v) is 4.01. The molecule has 0 saturated carbocycles. The number of furan rings is 1. The van der Waals surface area contributed by atoms with Gasteiger partial charge in [-0.15, -0.1) is 0 Å². The van der Waals surface area contributed by atoms with Gasteiger partial charge in [0, 0.05) is 35.7 Å². The Morgan fingerprint density at radius 2 is 2.00 bits per heavy atom. The lowest BCUT2D eigenvalue weighted by Crippen LogP contribution is -2.36. The largest absolute Gasteiger partial charge is 0.451 e. The van der Waals surface area contributed by atoms with E-state index in [1.807, 2.05) is 6.92 Å². The van der Waals surface area contributed by atoms with Gasteiger partial charge in [0.1, 0.15) is 17.3 Å². The number of rotatable bonds is 6. The van der Waals surface area contributed by atoms with E-state index < -0.39 is 17.6 Å². The highest BCUT2D eigenvalue weighted by atomic mass is 35.5. The van der Waals surface area contributed by atoms with Crippen molar-refractivity contribution in [1.29, 1.82) is 0 Å². The van der Waals surface area contributed by atoms with Crippen LogP contribution in [0.5, 0.6) is 0 Å². The van der Waals surface area contributed by atoms with Crippen LogP contribution in [0, 0.1) is 11.7 Å². The summed E-state index contributed by atoms with van der Waals surface area (Å²) in [5.74, 6) is -2.16. The molecule has 1 atom stereocenters. The average molecular weight is 458 g/mol. The summed E-state index contributed by atoms with van der Waals surface area (Å²) in [7, 11) is 0. The molecular weight excluding hydrogens is 437 g/mol. The summed E-state index contributed by atoms with van der Waals surface area (Å²) in [6.07, 6.45) is 0.363. The predicted octanol–water partition coefficient (Wildman–Crippen LogP) is 3.64. The third kappa shape index (κ3) is 4.45. The molecule has 1 aliphatic heterocycles. The van der Waals surface area contributed by atoms with Gasteiger partial charge in [-0.05, 0) is 61.4 Å². The molecule has 9 heteroatoms. The Kier molecular flexibility index (Phi) is 6.14. The average Bonchev–Trinajstić information content (AvgIpc) is 3.34. The zero-order valence-corrected chi connectivity index (χ0v) is 18.0. The summed E-state index contributed by atoms with van der Waals surface area (Å²) in [5.41, 5.74) is 1.67. The third-order valence-electron chi connectivity index (χ3n) is 5.28. The Balaban J connectivity index is 1.44. The van der Waals surface area contributed by atoms with Crippen molar-refractivity contribution < 1.29 is 23.2 Å². The number of hydrogen-bond donors (Lipinski definition) is 2. The minimum Gasteiger partial charge on any atom is -0.451 e. The second-order valence-corrected chi connectivity index (χ2v) is 7.96. The first-order valence-corrected chi connectivity index (χ1v) is 10.6. The molecule has 32 heavy (non-hydrogen) atoms. The van der Waals surface area contributed by atoms with Gasteiger partial charge in [-0.3, -0.25) is 14.4 Å². The topological polar surface area (TPSA) is 91.7 Å². The second-order valence-electron chi connectivity index (χ2n) is 7.52. The molecule has 166 valence electrons. The lowest BCUT2D eigenvalue weighted by atomic mass is 10.1. The number of hydrogen-bond acceptors (Lipinski definition) is 4. The Hall–Kier alpha value is -3.39. The van der Waals surface area contributed by atoms with Crippen LogP contribution in [0.1, 0.15) is 29.5 Å². The molecular formula is C23H21ClFN3O4. The number of amides is 3. The SMILES string of the molecule is CCNC(=O)c1cc2cc(N3CCC(C(=O)NCc4cc(F)cc(Cl)c4)C3=O)ccc2o1. The quantitative estimate of drug-likeness (QED) is 0.553. The number of halogens is 2. The van der Waals surface area contributed by atoms with Crippen LogP contribution in [0.4, 0.5) is 10.1 Å². The summed E-state index contributed by atoms with van der Waals surface area (Å²) >= 11 is 5.84. The van der Waals surface area contributed by atoms with E-state index in [0.29, 0.717) is 41.7 Å².